The van der Waals surface area contributed by atoms with Gasteiger partial charge in [0, 0.05) is 20.3 Å². The van der Waals surface area contributed by atoms with Gasteiger partial charge in [0.1, 0.15) is 0 Å². The molecule has 0 spiro atoms. The molecule has 1 aliphatic rings. The Morgan fingerprint density at radius 2 is 1.87 bits per heavy atom. The van der Waals surface area contributed by atoms with Gasteiger partial charge < -0.3 is 14.4 Å². The minimum atomic E-state index is -1.49. The maximum absolute atomic E-state index is 13.4. The predicted molar refractivity (Wildman–Crippen MR) is 118 cm³/mol. The van der Waals surface area contributed by atoms with Gasteiger partial charge in [-0.1, -0.05) is 35.0 Å². The molecule has 0 bridgehead atoms. The molecule has 2 aromatic carbocycles. The van der Waals surface area contributed by atoms with Crippen molar-refractivity contribution in [2.45, 2.75) is 14.7 Å². The van der Waals surface area contributed by atoms with Crippen LogP contribution in [0.1, 0.15) is 10.4 Å². The SMILES string of the molecule is O=C(O)c1cc(Cl)ccc1Sc1c([S+]([O-])N2CCOCC2)cnc2ccc(Cl)cc12. The van der Waals surface area contributed by atoms with Gasteiger partial charge >= 0.3 is 5.97 Å². The monoisotopic (exact) mass is 482 g/mol. The van der Waals surface area contributed by atoms with E-state index in [1.165, 1.54) is 17.8 Å². The number of hydrogen-bond acceptors (Lipinski definition) is 6. The third-order valence-electron chi connectivity index (χ3n) is 4.52. The zero-order valence-electron chi connectivity index (χ0n) is 15.5. The Kier molecular flexibility index (Phi) is 6.74. The summed E-state index contributed by atoms with van der Waals surface area (Å²) in [6.45, 7) is 2.07. The van der Waals surface area contributed by atoms with Crippen LogP contribution in [-0.2, 0) is 16.1 Å². The average molecular weight is 483 g/mol. The lowest BCUT2D eigenvalue weighted by Gasteiger charge is -2.28. The number of rotatable bonds is 5. The minimum Gasteiger partial charge on any atom is -0.593 e. The van der Waals surface area contributed by atoms with Crippen LogP contribution >= 0.6 is 35.0 Å². The van der Waals surface area contributed by atoms with Gasteiger partial charge in [0.25, 0.3) is 0 Å². The molecular formula is C20H16Cl2N2O4S2. The van der Waals surface area contributed by atoms with E-state index in [-0.39, 0.29) is 5.56 Å². The Hall–Kier alpha value is -1.52. The first kappa shape index (κ1) is 21.7. The topological polar surface area (TPSA) is 85.7 Å². The third kappa shape index (κ3) is 4.55. The molecule has 1 aromatic heterocycles. The number of aromatic carboxylic acids is 1. The smallest absolute Gasteiger partial charge is 0.336 e. The fourth-order valence-corrected chi connectivity index (χ4v) is 5.96. The Labute approximate surface area is 190 Å². The summed E-state index contributed by atoms with van der Waals surface area (Å²) in [5.74, 6) is -1.09. The number of carboxylic acids is 1. The van der Waals surface area contributed by atoms with Crippen LogP contribution in [-0.4, -0.2) is 51.2 Å². The summed E-state index contributed by atoms with van der Waals surface area (Å²) < 4.78 is 20.5. The second-order valence-corrected chi connectivity index (χ2v) is 9.83. The third-order valence-corrected chi connectivity index (χ3v) is 7.86. The first-order valence-corrected chi connectivity index (χ1v) is 11.7. The summed E-state index contributed by atoms with van der Waals surface area (Å²) in [7, 11) is 0. The number of pyridine rings is 1. The summed E-state index contributed by atoms with van der Waals surface area (Å²) in [4.78, 5) is 17.9. The molecule has 1 unspecified atom stereocenters. The van der Waals surface area contributed by atoms with E-state index in [0.29, 0.717) is 61.9 Å². The molecule has 1 aliphatic heterocycles. The molecule has 156 valence electrons. The standard InChI is InChI=1S/C20H16Cl2N2O4S2/c21-12-1-3-16-14(9-12)19(29-17-4-2-13(22)10-15(17)20(25)26)18(11-23-16)30(27)24-5-7-28-8-6-24/h1-4,9-11H,5-8H2,(H,25,26). The summed E-state index contributed by atoms with van der Waals surface area (Å²) in [5, 5.41) is 11.2. The number of carbonyl (C=O) groups is 1. The summed E-state index contributed by atoms with van der Waals surface area (Å²) in [6.07, 6.45) is 1.58. The summed E-state index contributed by atoms with van der Waals surface area (Å²) in [6, 6.07) is 9.95. The highest BCUT2D eigenvalue weighted by molar-refractivity contribution is 8.00. The molecule has 4 rings (SSSR count). The van der Waals surface area contributed by atoms with E-state index in [4.69, 9.17) is 27.9 Å². The van der Waals surface area contributed by atoms with Crippen molar-refractivity contribution >= 4 is 63.2 Å². The fourth-order valence-electron chi connectivity index (χ4n) is 3.07. The molecule has 1 N–H and O–H groups in total. The van der Waals surface area contributed by atoms with Gasteiger partial charge in [0.2, 0.25) is 4.90 Å². The van der Waals surface area contributed by atoms with E-state index in [9.17, 15) is 14.5 Å². The molecule has 0 radical (unpaired) electrons. The summed E-state index contributed by atoms with van der Waals surface area (Å²) >= 11 is 12.0. The van der Waals surface area contributed by atoms with Crippen molar-refractivity contribution in [2.75, 3.05) is 26.3 Å². The number of carboxylic acid groups (broad SMARTS) is 1. The van der Waals surface area contributed by atoms with Crippen LogP contribution in [0.3, 0.4) is 0 Å². The zero-order valence-corrected chi connectivity index (χ0v) is 18.7. The molecule has 1 fully saturated rings. The number of aromatic nitrogens is 1. The highest BCUT2D eigenvalue weighted by Crippen LogP contribution is 2.41. The molecular weight excluding hydrogens is 467 g/mol. The molecule has 0 aliphatic carbocycles. The van der Waals surface area contributed by atoms with Gasteiger partial charge in [-0.25, -0.2) is 4.79 Å². The fraction of sp³-hybridized carbons (Fsp3) is 0.200. The van der Waals surface area contributed by atoms with Crippen molar-refractivity contribution in [3.8, 4) is 0 Å². The molecule has 30 heavy (non-hydrogen) atoms. The van der Waals surface area contributed by atoms with Crippen LogP contribution in [0.15, 0.2) is 57.3 Å². The van der Waals surface area contributed by atoms with Gasteiger partial charge in [-0.05, 0) is 36.4 Å². The largest absolute Gasteiger partial charge is 0.593 e. The van der Waals surface area contributed by atoms with Crippen LogP contribution in [0.5, 0.6) is 0 Å². The van der Waals surface area contributed by atoms with Crippen LogP contribution < -0.4 is 0 Å². The van der Waals surface area contributed by atoms with Crippen molar-refractivity contribution in [1.29, 1.82) is 0 Å². The first-order chi connectivity index (χ1) is 14.4. The number of halogens is 2. The quantitative estimate of drug-likeness (QED) is 0.525. The van der Waals surface area contributed by atoms with E-state index < -0.39 is 17.3 Å². The Bertz CT molecular complexity index is 1110. The van der Waals surface area contributed by atoms with Crippen molar-refractivity contribution < 1.29 is 19.2 Å². The second kappa shape index (κ2) is 9.32. The lowest BCUT2D eigenvalue weighted by atomic mass is 10.2. The maximum atomic E-state index is 13.4. The van der Waals surface area contributed by atoms with Crippen molar-refractivity contribution in [3.05, 3.63) is 58.2 Å². The van der Waals surface area contributed by atoms with E-state index in [1.54, 1.807) is 36.5 Å². The van der Waals surface area contributed by atoms with Crippen LogP contribution in [0.2, 0.25) is 10.0 Å². The lowest BCUT2D eigenvalue weighted by Crippen LogP contribution is -2.40. The van der Waals surface area contributed by atoms with Gasteiger partial charge in [0.05, 0.1) is 59.8 Å². The number of nitrogens with zero attached hydrogens (tertiary/aromatic N) is 2. The van der Waals surface area contributed by atoms with Crippen LogP contribution in [0, 0.1) is 0 Å². The van der Waals surface area contributed by atoms with Crippen molar-refractivity contribution in [2.24, 2.45) is 0 Å². The first-order valence-electron chi connectivity index (χ1n) is 8.97. The predicted octanol–water partition coefficient (Wildman–Crippen LogP) is 4.75. The molecule has 1 saturated heterocycles. The van der Waals surface area contributed by atoms with E-state index in [2.05, 4.69) is 4.98 Å². The van der Waals surface area contributed by atoms with Gasteiger partial charge in [0.15, 0.2) is 0 Å². The van der Waals surface area contributed by atoms with Crippen LogP contribution in [0.25, 0.3) is 10.9 Å². The number of fused-ring (bicyclic) bond motifs is 1. The Morgan fingerprint density at radius 1 is 1.17 bits per heavy atom. The number of morpholine rings is 1. The highest BCUT2D eigenvalue weighted by atomic mass is 35.5. The number of ether oxygens (including phenoxy) is 1. The van der Waals surface area contributed by atoms with Crippen molar-refractivity contribution in [3.63, 3.8) is 0 Å². The van der Waals surface area contributed by atoms with E-state index in [1.807, 2.05) is 4.31 Å². The van der Waals surface area contributed by atoms with Gasteiger partial charge in [-0.2, -0.15) is 0 Å². The van der Waals surface area contributed by atoms with Crippen molar-refractivity contribution in [1.82, 2.24) is 9.29 Å². The zero-order chi connectivity index (χ0) is 21.3. The normalized spacial score (nSPS) is 16.0. The van der Waals surface area contributed by atoms with Crippen LogP contribution in [0.4, 0.5) is 0 Å². The molecule has 2 heterocycles. The van der Waals surface area contributed by atoms with Gasteiger partial charge in [-0.15, -0.1) is 4.31 Å². The van der Waals surface area contributed by atoms with E-state index >= 15 is 0 Å². The molecule has 0 amide bonds. The molecule has 1 atom stereocenters. The maximum Gasteiger partial charge on any atom is 0.336 e. The minimum absolute atomic E-state index is 0.0718. The van der Waals surface area contributed by atoms with Gasteiger partial charge in [-0.3, -0.25) is 4.98 Å². The molecule has 6 nitrogen and oxygen atoms in total. The Balaban J connectivity index is 1.86. The number of hydrogen-bond donors (Lipinski definition) is 1. The second-order valence-electron chi connectivity index (χ2n) is 6.45. The molecule has 10 heteroatoms. The Morgan fingerprint density at radius 3 is 2.60 bits per heavy atom. The molecule has 3 aromatic rings. The number of benzene rings is 2. The highest BCUT2D eigenvalue weighted by Gasteiger charge is 2.30. The molecule has 0 saturated carbocycles. The van der Waals surface area contributed by atoms with E-state index in [0.717, 1.165) is 0 Å². The summed E-state index contributed by atoms with van der Waals surface area (Å²) in [5.41, 5.74) is 0.748. The lowest BCUT2D eigenvalue weighted by molar-refractivity contribution is 0.0693. The average Bonchev–Trinajstić information content (AvgIpc) is 2.75.